The van der Waals surface area contributed by atoms with E-state index >= 15 is 0 Å². The van der Waals surface area contributed by atoms with Gasteiger partial charge in [0, 0.05) is 31.7 Å². The second-order valence-corrected chi connectivity index (χ2v) is 7.74. The molecule has 3 atom stereocenters. The molecule has 4 heteroatoms. The summed E-state index contributed by atoms with van der Waals surface area (Å²) in [5, 5.41) is 15.3. The average molecular weight is 364 g/mol. The van der Waals surface area contributed by atoms with Gasteiger partial charge < -0.3 is 19.9 Å². The van der Waals surface area contributed by atoms with Crippen molar-refractivity contribution in [2.45, 2.75) is 58.0 Å². The number of nitrogens with one attached hydrogen (secondary N) is 1. The van der Waals surface area contributed by atoms with Crippen molar-refractivity contribution in [2.75, 3.05) is 33.4 Å². The highest BCUT2D eigenvalue weighted by Gasteiger charge is 2.40. The van der Waals surface area contributed by atoms with Gasteiger partial charge in [0.2, 0.25) is 0 Å². The molecule has 1 saturated heterocycles. The largest absolute Gasteiger partial charge is 0.493 e. The van der Waals surface area contributed by atoms with Gasteiger partial charge in [-0.1, -0.05) is 38.5 Å². The molecule has 1 aromatic carbocycles. The van der Waals surface area contributed by atoms with E-state index in [0.29, 0.717) is 12.5 Å². The van der Waals surface area contributed by atoms with Crippen molar-refractivity contribution >= 4 is 0 Å². The lowest BCUT2D eigenvalue weighted by Gasteiger charge is -2.40. The van der Waals surface area contributed by atoms with Crippen LogP contribution in [0, 0.1) is 11.8 Å². The second kappa shape index (κ2) is 10.9. The first-order valence-corrected chi connectivity index (χ1v) is 10.3. The number of rotatable bonds is 11. The second-order valence-electron chi connectivity index (χ2n) is 7.74. The Morgan fingerprint density at radius 1 is 1.31 bits per heavy atom. The minimum Gasteiger partial charge on any atom is -0.493 e. The van der Waals surface area contributed by atoms with Crippen molar-refractivity contribution in [1.29, 1.82) is 0 Å². The number of methoxy groups -OCH3 is 1. The summed E-state index contributed by atoms with van der Waals surface area (Å²) in [6, 6.07) is 8.08. The fourth-order valence-corrected chi connectivity index (χ4v) is 3.76. The molecule has 1 aliphatic rings. The maximum atomic E-state index is 11.8. The summed E-state index contributed by atoms with van der Waals surface area (Å²) in [7, 11) is 1.73. The van der Waals surface area contributed by atoms with Crippen LogP contribution in [0.1, 0.15) is 57.9 Å². The molecule has 2 unspecified atom stereocenters. The normalized spacial score (nSPS) is 21.2. The average Bonchev–Trinajstić information content (AvgIpc) is 2.70. The molecule has 148 valence electrons. The Labute approximate surface area is 159 Å². The number of para-hydroxylation sites is 1. The topological polar surface area (TPSA) is 50.7 Å². The van der Waals surface area contributed by atoms with E-state index < -0.39 is 5.60 Å². The van der Waals surface area contributed by atoms with E-state index in [1.165, 1.54) is 0 Å². The molecule has 1 aromatic rings. The van der Waals surface area contributed by atoms with Crippen LogP contribution in [0.4, 0.5) is 0 Å². The fourth-order valence-electron chi connectivity index (χ4n) is 3.76. The van der Waals surface area contributed by atoms with Gasteiger partial charge in [-0.3, -0.25) is 0 Å². The molecule has 1 aliphatic heterocycles. The van der Waals surface area contributed by atoms with Gasteiger partial charge in [-0.15, -0.1) is 0 Å². The zero-order valence-corrected chi connectivity index (χ0v) is 16.8. The zero-order chi connectivity index (χ0) is 18.8. The van der Waals surface area contributed by atoms with Crippen LogP contribution in [0.25, 0.3) is 0 Å². The molecule has 0 radical (unpaired) electrons. The fraction of sp³-hybridized carbons (Fsp3) is 0.727. The molecule has 0 amide bonds. The lowest BCUT2D eigenvalue weighted by Crippen LogP contribution is -2.44. The molecular formula is C22H37NO3. The molecule has 4 nitrogen and oxygen atoms in total. The van der Waals surface area contributed by atoms with Crippen LogP contribution < -0.4 is 10.1 Å². The predicted molar refractivity (Wildman–Crippen MR) is 107 cm³/mol. The van der Waals surface area contributed by atoms with Crippen molar-refractivity contribution in [3.8, 4) is 5.75 Å². The molecule has 0 saturated carbocycles. The van der Waals surface area contributed by atoms with Crippen molar-refractivity contribution in [3.05, 3.63) is 29.8 Å². The van der Waals surface area contributed by atoms with E-state index in [2.05, 4.69) is 25.2 Å². The molecule has 0 bridgehead atoms. The van der Waals surface area contributed by atoms with E-state index in [9.17, 15) is 5.11 Å². The molecule has 1 heterocycles. The van der Waals surface area contributed by atoms with Gasteiger partial charge in [-0.25, -0.2) is 0 Å². The number of hydrogen-bond acceptors (Lipinski definition) is 4. The highest BCUT2D eigenvalue weighted by atomic mass is 16.5. The van der Waals surface area contributed by atoms with E-state index in [4.69, 9.17) is 9.47 Å². The summed E-state index contributed by atoms with van der Waals surface area (Å²) in [4.78, 5) is 0. The van der Waals surface area contributed by atoms with Gasteiger partial charge in [-0.05, 0) is 50.6 Å². The third-order valence-corrected chi connectivity index (χ3v) is 5.70. The molecule has 26 heavy (non-hydrogen) atoms. The highest BCUT2D eigenvalue weighted by molar-refractivity contribution is 5.39. The Morgan fingerprint density at radius 3 is 2.81 bits per heavy atom. The van der Waals surface area contributed by atoms with Crippen molar-refractivity contribution in [2.24, 2.45) is 11.8 Å². The number of benzene rings is 1. The van der Waals surface area contributed by atoms with Crippen LogP contribution >= 0.6 is 0 Å². The summed E-state index contributed by atoms with van der Waals surface area (Å²) in [6.45, 7) is 7.72. The SMILES string of the molecule is CCC(C)COc1ccccc1[C@](O)(CCCCOC)C1CCCNC1. The zero-order valence-electron chi connectivity index (χ0n) is 16.8. The quantitative estimate of drug-likeness (QED) is 0.581. The molecular weight excluding hydrogens is 326 g/mol. The molecule has 2 rings (SSSR count). The molecule has 1 fully saturated rings. The van der Waals surface area contributed by atoms with Gasteiger partial charge in [0.25, 0.3) is 0 Å². The third kappa shape index (κ3) is 5.70. The Kier molecular flexibility index (Phi) is 8.89. The van der Waals surface area contributed by atoms with E-state index in [1.54, 1.807) is 7.11 Å². The summed E-state index contributed by atoms with van der Waals surface area (Å²) in [5.74, 6) is 1.56. The summed E-state index contributed by atoms with van der Waals surface area (Å²) < 4.78 is 11.3. The Bertz CT molecular complexity index is 516. The lowest BCUT2D eigenvalue weighted by molar-refractivity contribution is -0.0454. The number of piperidine rings is 1. The smallest absolute Gasteiger partial charge is 0.125 e. The first-order chi connectivity index (χ1) is 12.6. The number of aliphatic hydroxyl groups is 1. The summed E-state index contributed by atoms with van der Waals surface area (Å²) in [5.41, 5.74) is 0.0992. The summed E-state index contributed by atoms with van der Waals surface area (Å²) in [6.07, 6.45) is 5.91. The van der Waals surface area contributed by atoms with Crippen LogP contribution in [0.3, 0.4) is 0 Å². The van der Waals surface area contributed by atoms with Gasteiger partial charge in [-0.2, -0.15) is 0 Å². The minimum absolute atomic E-state index is 0.215. The maximum absolute atomic E-state index is 11.8. The van der Waals surface area contributed by atoms with Gasteiger partial charge >= 0.3 is 0 Å². The van der Waals surface area contributed by atoms with Crippen LogP contribution in [-0.2, 0) is 10.3 Å². The van der Waals surface area contributed by atoms with E-state index in [0.717, 1.165) is 69.5 Å². The van der Waals surface area contributed by atoms with Crippen LogP contribution in [0.15, 0.2) is 24.3 Å². The Balaban J connectivity index is 2.22. The van der Waals surface area contributed by atoms with Crippen molar-refractivity contribution < 1.29 is 14.6 Å². The monoisotopic (exact) mass is 363 g/mol. The number of ether oxygens (including phenoxy) is 2. The third-order valence-electron chi connectivity index (χ3n) is 5.70. The lowest BCUT2D eigenvalue weighted by atomic mass is 9.74. The maximum Gasteiger partial charge on any atom is 0.125 e. The van der Waals surface area contributed by atoms with Gasteiger partial charge in [0.05, 0.1) is 12.2 Å². The first-order valence-electron chi connectivity index (χ1n) is 10.3. The van der Waals surface area contributed by atoms with E-state index in [-0.39, 0.29) is 5.92 Å². The van der Waals surface area contributed by atoms with Gasteiger partial charge in [0.15, 0.2) is 0 Å². The molecule has 0 spiro atoms. The molecule has 0 aromatic heterocycles. The summed E-state index contributed by atoms with van der Waals surface area (Å²) >= 11 is 0. The van der Waals surface area contributed by atoms with Crippen molar-refractivity contribution in [3.63, 3.8) is 0 Å². The van der Waals surface area contributed by atoms with Crippen LogP contribution in [-0.4, -0.2) is 38.5 Å². The number of hydrogen-bond donors (Lipinski definition) is 2. The van der Waals surface area contributed by atoms with Gasteiger partial charge in [0.1, 0.15) is 5.75 Å². The number of unbranched alkanes of at least 4 members (excludes halogenated alkanes) is 1. The Hall–Kier alpha value is -1.10. The van der Waals surface area contributed by atoms with Crippen LogP contribution in [0.2, 0.25) is 0 Å². The highest BCUT2D eigenvalue weighted by Crippen LogP contribution is 2.42. The van der Waals surface area contributed by atoms with Crippen molar-refractivity contribution in [1.82, 2.24) is 5.32 Å². The standard InChI is InChI=1S/C22H37NO3/c1-4-18(2)17-26-21-12-6-5-11-20(21)22(24,13-7-8-15-25-3)19-10-9-14-23-16-19/h5-6,11-12,18-19,23-24H,4,7-10,13-17H2,1-3H3/t18?,19?,22-/m0/s1. The minimum atomic E-state index is -0.854. The first kappa shape index (κ1) is 21.2. The molecule has 0 aliphatic carbocycles. The predicted octanol–water partition coefficient (Wildman–Crippen LogP) is 4.12. The Morgan fingerprint density at radius 2 is 2.12 bits per heavy atom. The molecule has 2 N–H and O–H groups in total. The van der Waals surface area contributed by atoms with E-state index in [1.807, 2.05) is 18.2 Å². The van der Waals surface area contributed by atoms with Crippen LogP contribution in [0.5, 0.6) is 5.75 Å².